The Kier molecular flexibility index (Phi) is 4.94. The third-order valence-electron chi connectivity index (χ3n) is 1.67. The molecule has 0 bridgehead atoms. The van der Waals surface area contributed by atoms with Crippen molar-refractivity contribution in [3.8, 4) is 0 Å². The highest BCUT2D eigenvalue weighted by molar-refractivity contribution is 7.79. The normalized spacial score (nSPS) is 11.4. The predicted octanol–water partition coefficient (Wildman–Crippen LogP) is -1.49. The summed E-state index contributed by atoms with van der Waals surface area (Å²) < 4.78 is 0. The molecule has 0 atom stereocenters. The molecule has 84 valence electrons. The zero-order valence-electron chi connectivity index (χ0n) is 8.90. The summed E-state index contributed by atoms with van der Waals surface area (Å²) in [5, 5.41) is 7.10. The van der Waals surface area contributed by atoms with Gasteiger partial charge in [-0.15, -0.1) is 5.10 Å². The van der Waals surface area contributed by atoms with Gasteiger partial charge >= 0.3 is 5.96 Å². The Hall–Kier alpha value is -1.95. The smallest absolute Gasteiger partial charge is 0.315 e. The van der Waals surface area contributed by atoms with Crippen molar-refractivity contribution >= 4 is 29.5 Å². The molecule has 5 nitrogen and oxygen atoms in total. The molecule has 16 heavy (non-hydrogen) atoms. The van der Waals surface area contributed by atoms with E-state index in [9.17, 15) is 0 Å². The lowest BCUT2D eigenvalue weighted by Crippen LogP contribution is -2.84. The Morgan fingerprint density at radius 3 is 2.75 bits per heavy atom. The number of hydrazone groups is 1. The van der Waals surface area contributed by atoms with Crippen LogP contribution in [-0.2, 0) is 0 Å². The number of benzene rings is 1. The van der Waals surface area contributed by atoms with Gasteiger partial charge in [0.2, 0.25) is 0 Å². The van der Waals surface area contributed by atoms with E-state index in [1.807, 2.05) is 30.3 Å². The number of thiocarbonyl (C=S) groups is 1. The quantitative estimate of drug-likeness (QED) is 0.218. The maximum atomic E-state index is 5.57. The van der Waals surface area contributed by atoms with Crippen LogP contribution in [0, 0.1) is 0 Å². The molecule has 6 heteroatoms. The van der Waals surface area contributed by atoms with E-state index in [0.717, 1.165) is 5.56 Å². The molecule has 0 unspecified atom stereocenters. The maximum absolute atomic E-state index is 5.57. The van der Waals surface area contributed by atoms with Gasteiger partial charge in [-0.25, -0.2) is 4.99 Å². The van der Waals surface area contributed by atoms with Crippen LogP contribution >= 0.6 is 12.2 Å². The molecule has 0 aromatic heterocycles. The number of nitrogens with two attached hydrogens (primary N) is 1. The van der Waals surface area contributed by atoms with Crippen LogP contribution in [0.4, 0.5) is 0 Å². The number of guanidine groups is 1. The largest absolute Gasteiger partial charge is 0.328 e. The minimum atomic E-state index is 0.270. The van der Waals surface area contributed by atoms with Gasteiger partial charge < -0.3 is 11.1 Å². The minimum absolute atomic E-state index is 0.270. The Morgan fingerprint density at radius 1 is 1.44 bits per heavy atom. The first-order chi connectivity index (χ1) is 7.72. The van der Waals surface area contributed by atoms with Gasteiger partial charge in [-0.3, -0.25) is 0 Å². The number of hydrogen-bond acceptors (Lipinski definition) is 2. The van der Waals surface area contributed by atoms with Crippen LogP contribution in [0.25, 0.3) is 0 Å². The van der Waals surface area contributed by atoms with Crippen molar-refractivity contribution in [3.63, 3.8) is 0 Å². The highest BCUT2D eigenvalue weighted by Gasteiger charge is 1.95. The summed E-state index contributed by atoms with van der Waals surface area (Å²) in [6.07, 6.45) is 1.66. The van der Waals surface area contributed by atoms with Crippen LogP contribution in [0.2, 0.25) is 0 Å². The molecular weight excluding hydrogens is 222 g/mol. The van der Waals surface area contributed by atoms with Crippen molar-refractivity contribution < 1.29 is 4.99 Å². The molecule has 0 amide bonds. The highest BCUT2D eigenvalue weighted by Crippen LogP contribution is 1.92. The van der Waals surface area contributed by atoms with Crippen molar-refractivity contribution in [2.24, 2.45) is 10.8 Å². The number of rotatable bonds is 2. The fraction of sp³-hybridized carbons (Fsp3) is 0.100. The van der Waals surface area contributed by atoms with E-state index in [2.05, 4.69) is 20.8 Å². The van der Waals surface area contributed by atoms with Gasteiger partial charge in [0.15, 0.2) is 0 Å². The van der Waals surface area contributed by atoms with Crippen molar-refractivity contribution in [1.82, 2.24) is 10.7 Å². The van der Waals surface area contributed by atoms with Crippen LogP contribution in [0.15, 0.2) is 35.4 Å². The van der Waals surface area contributed by atoms with E-state index in [-0.39, 0.29) is 5.96 Å². The fourth-order valence-electron chi connectivity index (χ4n) is 0.928. The molecule has 0 saturated carbocycles. The molecule has 0 saturated heterocycles. The molecule has 0 heterocycles. The van der Waals surface area contributed by atoms with Gasteiger partial charge in [0.1, 0.15) is 0 Å². The summed E-state index contributed by atoms with van der Waals surface area (Å²) in [6, 6.07) is 9.68. The van der Waals surface area contributed by atoms with Gasteiger partial charge in [0.25, 0.3) is 5.11 Å². The van der Waals surface area contributed by atoms with Crippen LogP contribution < -0.4 is 21.5 Å². The van der Waals surface area contributed by atoms with Gasteiger partial charge in [-0.2, -0.15) is 5.43 Å². The van der Waals surface area contributed by atoms with E-state index in [0.29, 0.717) is 5.11 Å². The first-order valence-electron chi connectivity index (χ1n) is 4.67. The van der Waals surface area contributed by atoms with Crippen molar-refractivity contribution in [2.75, 3.05) is 7.05 Å². The molecule has 0 aliphatic heterocycles. The van der Waals surface area contributed by atoms with Crippen LogP contribution in [0.1, 0.15) is 5.56 Å². The Balaban J connectivity index is 2.49. The predicted molar refractivity (Wildman–Crippen MR) is 69.0 cm³/mol. The summed E-state index contributed by atoms with van der Waals surface area (Å²) >= 11 is 4.86. The fourth-order valence-corrected chi connectivity index (χ4v) is 1.04. The lowest BCUT2D eigenvalue weighted by molar-refractivity contribution is -0.320. The van der Waals surface area contributed by atoms with Gasteiger partial charge in [0.05, 0.1) is 6.21 Å². The van der Waals surface area contributed by atoms with Crippen molar-refractivity contribution in [2.45, 2.75) is 0 Å². The first-order valence-corrected chi connectivity index (χ1v) is 5.08. The maximum Gasteiger partial charge on any atom is 0.328 e. The summed E-state index contributed by atoms with van der Waals surface area (Å²) in [5.74, 6) is 0.270. The van der Waals surface area contributed by atoms with E-state index in [4.69, 9.17) is 18.0 Å². The number of nitrogens with one attached hydrogen (secondary N) is 3. The summed E-state index contributed by atoms with van der Waals surface area (Å²) in [4.78, 5) is 2.71. The monoisotopic (exact) mass is 236 g/mol. The lowest BCUT2D eigenvalue weighted by Gasteiger charge is -1.94. The number of nitrogens with zero attached hydrogens (tertiary/aromatic N) is 1. The second-order valence-electron chi connectivity index (χ2n) is 2.90. The summed E-state index contributed by atoms with van der Waals surface area (Å²) in [6.45, 7) is 0. The van der Waals surface area contributed by atoms with E-state index in [1.54, 1.807) is 13.3 Å². The topological polar surface area (TPSA) is 76.4 Å². The average molecular weight is 236 g/mol. The van der Waals surface area contributed by atoms with E-state index in [1.165, 1.54) is 0 Å². The molecule has 1 aromatic carbocycles. The van der Waals surface area contributed by atoms with E-state index < -0.39 is 0 Å². The molecule has 0 fully saturated rings. The van der Waals surface area contributed by atoms with Crippen molar-refractivity contribution in [1.29, 1.82) is 0 Å². The molecule has 0 aliphatic rings. The highest BCUT2D eigenvalue weighted by atomic mass is 32.1. The standard InChI is InChI=1S/C10H13N5S/c1-12-10(16)14-9(11)15-13-7-8-5-3-2-4-6-8/h2-7H,1H3,(H4,11,12,14,15,16)/p+1/b13-7-. The zero-order chi connectivity index (χ0) is 11.8. The Morgan fingerprint density at radius 2 is 2.12 bits per heavy atom. The molecule has 0 radical (unpaired) electrons. The molecule has 1 aromatic rings. The van der Waals surface area contributed by atoms with Crippen LogP contribution in [0.3, 0.4) is 0 Å². The molecule has 1 rings (SSSR count). The van der Waals surface area contributed by atoms with Gasteiger partial charge in [0, 0.05) is 7.05 Å². The lowest BCUT2D eigenvalue weighted by atomic mass is 10.2. The third kappa shape index (κ3) is 4.52. The van der Waals surface area contributed by atoms with Gasteiger partial charge in [-0.05, 0) is 17.8 Å². The first kappa shape index (κ1) is 12.1. The Labute approximate surface area is 99.5 Å². The minimum Gasteiger partial charge on any atom is -0.315 e. The molecular formula is C10H14N5S+. The van der Waals surface area contributed by atoms with Crippen LogP contribution in [-0.4, -0.2) is 24.3 Å². The SMILES string of the molecule is CNC(=S)[NH+]=C(N)N/N=C\c1ccccc1. The second-order valence-corrected chi connectivity index (χ2v) is 3.31. The molecule has 5 N–H and O–H groups in total. The molecule has 0 aliphatic carbocycles. The zero-order valence-corrected chi connectivity index (χ0v) is 9.71. The van der Waals surface area contributed by atoms with Crippen LogP contribution in [0.5, 0.6) is 0 Å². The Bertz CT molecular complexity index is 399. The summed E-state index contributed by atoms with van der Waals surface area (Å²) in [7, 11) is 1.70. The summed E-state index contributed by atoms with van der Waals surface area (Å²) in [5.41, 5.74) is 9.17. The van der Waals surface area contributed by atoms with Gasteiger partial charge in [-0.1, -0.05) is 30.3 Å². The average Bonchev–Trinajstić information content (AvgIpc) is 2.30. The van der Waals surface area contributed by atoms with E-state index >= 15 is 0 Å². The molecule has 0 spiro atoms. The third-order valence-corrected chi connectivity index (χ3v) is 1.98. The second kappa shape index (κ2) is 6.52. The number of hydrogen-bond donors (Lipinski definition) is 4. The van der Waals surface area contributed by atoms with Crippen molar-refractivity contribution in [3.05, 3.63) is 35.9 Å².